The van der Waals surface area contributed by atoms with Crippen LogP contribution in [0.1, 0.15) is 68.0 Å². The van der Waals surface area contributed by atoms with E-state index in [1.807, 2.05) is 29.7 Å². The fraction of sp³-hybridized carbons (Fsp3) is 0.529. The fourth-order valence-corrected chi connectivity index (χ4v) is 3.43. The Morgan fingerprint density at radius 1 is 1.14 bits per heavy atom. The largest absolute Gasteiger partial charge is 0.301 e. The summed E-state index contributed by atoms with van der Waals surface area (Å²) >= 11 is 1.82. The van der Waals surface area contributed by atoms with E-state index in [1.165, 1.54) is 9.88 Å². The number of pyridine rings is 1. The first-order valence-electron chi connectivity index (χ1n) is 7.44. The van der Waals surface area contributed by atoms with Crippen molar-refractivity contribution < 1.29 is 0 Å². The Hall–Kier alpha value is -1.26. The summed E-state index contributed by atoms with van der Waals surface area (Å²) in [6.07, 6.45) is 1.84. The van der Waals surface area contributed by atoms with Gasteiger partial charge in [0.25, 0.3) is 0 Å². The normalized spacial score (nSPS) is 15.0. The van der Waals surface area contributed by atoms with E-state index in [4.69, 9.17) is 4.98 Å². The summed E-state index contributed by atoms with van der Waals surface area (Å²) in [7, 11) is 0. The van der Waals surface area contributed by atoms with Crippen LogP contribution in [-0.4, -0.2) is 9.97 Å². The second kappa shape index (κ2) is 6.24. The molecule has 3 nitrogen and oxygen atoms in total. The van der Waals surface area contributed by atoms with Gasteiger partial charge in [-0.2, -0.15) is 0 Å². The van der Waals surface area contributed by atoms with Gasteiger partial charge in [-0.25, -0.2) is 4.98 Å². The van der Waals surface area contributed by atoms with Gasteiger partial charge in [-0.3, -0.25) is 4.98 Å². The van der Waals surface area contributed by atoms with Crippen LogP contribution in [0, 0.1) is 6.92 Å². The molecule has 1 N–H and O–H groups in total. The maximum Gasteiger partial charge on any atom is 0.0985 e. The number of thiazole rings is 1. The van der Waals surface area contributed by atoms with Crippen LogP contribution in [-0.2, 0) is 5.41 Å². The Kier molecular flexibility index (Phi) is 4.79. The van der Waals surface area contributed by atoms with E-state index in [9.17, 15) is 0 Å². The monoisotopic (exact) mass is 303 g/mol. The topological polar surface area (TPSA) is 37.8 Å². The molecule has 0 fully saturated rings. The van der Waals surface area contributed by atoms with E-state index in [1.54, 1.807) is 0 Å². The first-order valence-corrected chi connectivity index (χ1v) is 8.25. The molecule has 2 atom stereocenters. The number of rotatable bonds is 4. The Morgan fingerprint density at radius 2 is 1.86 bits per heavy atom. The summed E-state index contributed by atoms with van der Waals surface area (Å²) in [5.41, 5.74) is 2.32. The predicted octanol–water partition coefficient (Wildman–Crippen LogP) is 4.56. The molecule has 0 saturated heterocycles. The van der Waals surface area contributed by atoms with E-state index >= 15 is 0 Å². The van der Waals surface area contributed by atoms with Crippen LogP contribution in [0.5, 0.6) is 0 Å². The molecule has 0 aromatic carbocycles. The van der Waals surface area contributed by atoms with E-state index in [0.717, 1.165) is 11.4 Å². The molecule has 0 radical (unpaired) electrons. The lowest BCUT2D eigenvalue weighted by molar-refractivity contribution is 0.489. The Balaban J connectivity index is 2.14. The quantitative estimate of drug-likeness (QED) is 0.900. The van der Waals surface area contributed by atoms with Crippen LogP contribution in [0.3, 0.4) is 0 Å². The maximum absolute atomic E-state index is 4.75. The number of nitrogens with zero attached hydrogens (tertiary/aromatic N) is 2. The molecule has 0 aliphatic carbocycles. The Morgan fingerprint density at radius 3 is 2.38 bits per heavy atom. The van der Waals surface area contributed by atoms with Crippen molar-refractivity contribution >= 4 is 11.3 Å². The van der Waals surface area contributed by atoms with Gasteiger partial charge in [-0.15, -0.1) is 11.3 Å². The first-order chi connectivity index (χ1) is 9.79. The zero-order chi connectivity index (χ0) is 15.6. The molecular weight excluding hydrogens is 278 g/mol. The molecule has 0 saturated carbocycles. The van der Waals surface area contributed by atoms with Crippen molar-refractivity contribution in [3.05, 3.63) is 45.7 Å². The van der Waals surface area contributed by atoms with Gasteiger partial charge in [0.2, 0.25) is 0 Å². The van der Waals surface area contributed by atoms with Gasteiger partial charge in [0.1, 0.15) is 0 Å². The van der Waals surface area contributed by atoms with Crippen molar-refractivity contribution in [2.45, 2.75) is 59.0 Å². The molecule has 2 aromatic heterocycles. The van der Waals surface area contributed by atoms with Crippen LogP contribution < -0.4 is 5.32 Å². The van der Waals surface area contributed by atoms with E-state index in [2.05, 4.69) is 57.9 Å². The predicted molar refractivity (Wildman–Crippen MR) is 89.8 cm³/mol. The van der Waals surface area contributed by atoms with Crippen LogP contribution in [0.4, 0.5) is 0 Å². The molecule has 1 unspecified atom stereocenters. The van der Waals surface area contributed by atoms with Gasteiger partial charge in [0.15, 0.2) is 0 Å². The molecule has 21 heavy (non-hydrogen) atoms. The molecule has 2 heterocycles. The first kappa shape index (κ1) is 16.1. The maximum atomic E-state index is 4.75. The zero-order valence-electron chi connectivity index (χ0n) is 13.8. The smallest absolute Gasteiger partial charge is 0.0985 e. The lowest BCUT2D eigenvalue weighted by Gasteiger charge is -2.19. The van der Waals surface area contributed by atoms with E-state index in [0.29, 0.717) is 0 Å². The molecule has 2 rings (SSSR count). The minimum Gasteiger partial charge on any atom is -0.301 e. The Labute approximate surface area is 131 Å². The van der Waals surface area contributed by atoms with Gasteiger partial charge in [-0.05, 0) is 32.9 Å². The Bertz CT molecular complexity index is 584. The lowest BCUT2D eigenvalue weighted by Crippen LogP contribution is -2.23. The molecule has 0 aliphatic rings. The van der Waals surface area contributed by atoms with Crippen molar-refractivity contribution in [3.63, 3.8) is 0 Å². The summed E-state index contributed by atoms with van der Waals surface area (Å²) in [5.74, 6) is 0. The lowest BCUT2D eigenvalue weighted by atomic mass is 9.98. The van der Waals surface area contributed by atoms with Gasteiger partial charge < -0.3 is 5.32 Å². The minimum atomic E-state index is 0.111. The van der Waals surface area contributed by atoms with Gasteiger partial charge in [-0.1, -0.05) is 26.8 Å². The average molecular weight is 303 g/mol. The SMILES string of the molecule is Cc1nc(C(C)(C)C)sc1C(C)N[C@@H](C)c1ccccn1. The van der Waals surface area contributed by atoms with Crippen molar-refractivity contribution in [1.82, 2.24) is 15.3 Å². The third-order valence-corrected chi connectivity index (χ3v) is 5.26. The second-order valence-electron chi connectivity index (χ2n) is 6.58. The number of nitrogens with one attached hydrogen (secondary N) is 1. The van der Waals surface area contributed by atoms with Crippen molar-refractivity contribution in [3.8, 4) is 0 Å². The fourth-order valence-electron chi connectivity index (χ4n) is 2.30. The van der Waals surface area contributed by atoms with Crippen LogP contribution in [0.2, 0.25) is 0 Å². The third kappa shape index (κ3) is 3.89. The van der Waals surface area contributed by atoms with Crippen molar-refractivity contribution in [2.24, 2.45) is 0 Å². The highest BCUT2D eigenvalue weighted by atomic mass is 32.1. The van der Waals surface area contributed by atoms with Crippen LogP contribution >= 0.6 is 11.3 Å². The number of aryl methyl sites for hydroxylation is 1. The van der Waals surface area contributed by atoms with Gasteiger partial charge in [0.05, 0.1) is 16.4 Å². The summed E-state index contributed by atoms with van der Waals surface area (Å²) in [6.45, 7) is 13.1. The average Bonchev–Trinajstić information content (AvgIpc) is 2.82. The summed E-state index contributed by atoms with van der Waals surface area (Å²) < 4.78 is 0. The van der Waals surface area contributed by atoms with Crippen LogP contribution in [0.25, 0.3) is 0 Å². The molecule has 0 bridgehead atoms. The molecule has 114 valence electrons. The second-order valence-corrected chi connectivity index (χ2v) is 7.61. The summed E-state index contributed by atoms with van der Waals surface area (Å²) in [5, 5.41) is 4.83. The van der Waals surface area contributed by atoms with Gasteiger partial charge in [0, 0.05) is 28.6 Å². The van der Waals surface area contributed by atoms with Crippen LogP contribution in [0.15, 0.2) is 24.4 Å². The van der Waals surface area contributed by atoms with E-state index in [-0.39, 0.29) is 17.5 Å². The molecular formula is C17H25N3S. The number of hydrogen-bond donors (Lipinski definition) is 1. The molecule has 2 aromatic rings. The zero-order valence-corrected chi connectivity index (χ0v) is 14.6. The molecule has 0 spiro atoms. The highest BCUT2D eigenvalue weighted by Gasteiger charge is 2.23. The summed E-state index contributed by atoms with van der Waals surface area (Å²) in [6, 6.07) is 6.53. The third-order valence-electron chi connectivity index (χ3n) is 3.50. The number of aromatic nitrogens is 2. The highest BCUT2D eigenvalue weighted by molar-refractivity contribution is 7.12. The summed E-state index contributed by atoms with van der Waals surface area (Å²) in [4.78, 5) is 10.5. The molecule has 0 amide bonds. The highest BCUT2D eigenvalue weighted by Crippen LogP contribution is 2.33. The minimum absolute atomic E-state index is 0.111. The molecule has 0 aliphatic heterocycles. The standard InChI is InChI=1S/C17H25N3S/c1-11(14-9-7-8-10-18-14)19-12(2)15-13(3)20-16(21-15)17(4,5)6/h7-12,19H,1-6H3/t11-,12?/m0/s1. The number of hydrogen-bond acceptors (Lipinski definition) is 4. The van der Waals surface area contributed by atoms with Gasteiger partial charge >= 0.3 is 0 Å². The van der Waals surface area contributed by atoms with E-state index < -0.39 is 0 Å². The van der Waals surface area contributed by atoms with Crippen molar-refractivity contribution in [1.29, 1.82) is 0 Å². The molecule has 4 heteroatoms. The van der Waals surface area contributed by atoms with Crippen molar-refractivity contribution in [2.75, 3.05) is 0 Å².